The summed E-state index contributed by atoms with van der Waals surface area (Å²) in [5, 5.41) is 7.30. The molecule has 0 radical (unpaired) electrons. The number of oxazole rings is 1. The molecule has 0 aliphatic heterocycles. The van der Waals surface area contributed by atoms with Crippen molar-refractivity contribution >= 4 is 71.5 Å². The van der Waals surface area contributed by atoms with Crippen molar-refractivity contribution in [2.45, 2.75) is 0 Å². The molecule has 61 heavy (non-hydrogen) atoms. The quantitative estimate of drug-likeness (QED) is 0.162. The van der Waals surface area contributed by atoms with Crippen LogP contribution >= 0.6 is 0 Å². The van der Waals surface area contributed by atoms with E-state index in [4.69, 9.17) is 9.40 Å². The van der Waals surface area contributed by atoms with E-state index in [1.807, 2.05) is 36.4 Å². The SMILES string of the molecule is c1ccc(-c2nc3cccc(-c4ccc(N(c5cccc(-c6cccc7ccccc67)c5)c5ccc6ccc7c8ccccc8n(-c8ccccc8)c7c6c5)cc4)c3o2)cc1. The summed E-state index contributed by atoms with van der Waals surface area (Å²) in [7, 11) is 0. The van der Waals surface area contributed by atoms with E-state index in [0.717, 1.165) is 56.1 Å². The molecule has 0 atom stereocenters. The Bertz CT molecular complexity index is 3580. The summed E-state index contributed by atoms with van der Waals surface area (Å²) in [5.41, 5.74) is 13.7. The highest BCUT2D eigenvalue weighted by Gasteiger charge is 2.20. The first kappa shape index (κ1) is 34.8. The Balaban J connectivity index is 1.05. The van der Waals surface area contributed by atoms with Gasteiger partial charge in [-0.2, -0.15) is 0 Å². The van der Waals surface area contributed by atoms with Crippen LogP contribution in [0.5, 0.6) is 0 Å². The highest BCUT2D eigenvalue weighted by molar-refractivity contribution is 6.19. The molecular formula is C57H37N3O. The number of para-hydroxylation sites is 3. The average Bonchev–Trinajstić information content (AvgIpc) is 3.93. The predicted molar refractivity (Wildman–Crippen MR) is 254 cm³/mol. The fourth-order valence-corrected chi connectivity index (χ4v) is 9.16. The van der Waals surface area contributed by atoms with Crippen LogP contribution < -0.4 is 4.90 Å². The standard InChI is InChI=1S/C57H37N3O/c1-3-15-41(16-4-1)57-58-53-26-13-25-49(56(53)61-57)39-28-32-44(33-29-39)59(45-21-11-18-42(36-45)48-24-12-17-38-14-7-8-22-47(38)48)46-34-30-40-31-35-51-50-23-9-10-27-54(50)60(55(51)52(40)37-46)43-19-5-2-6-20-43/h1-37H. The summed E-state index contributed by atoms with van der Waals surface area (Å²) in [6, 6.07) is 80.1. The lowest BCUT2D eigenvalue weighted by atomic mass is 9.97. The van der Waals surface area contributed by atoms with Crippen molar-refractivity contribution in [2.24, 2.45) is 0 Å². The molecule has 0 aliphatic carbocycles. The molecular weight excluding hydrogens is 743 g/mol. The van der Waals surface area contributed by atoms with Gasteiger partial charge in [-0.3, -0.25) is 0 Å². The zero-order chi connectivity index (χ0) is 40.3. The van der Waals surface area contributed by atoms with Crippen LogP contribution in [0.15, 0.2) is 229 Å². The first-order valence-corrected chi connectivity index (χ1v) is 20.7. The van der Waals surface area contributed by atoms with Gasteiger partial charge >= 0.3 is 0 Å². The monoisotopic (exact) mass is 779 g/mol. The summed E-state index contributed by atoms with van der Waals surface area (Å²) in [6.45, 7) is 0. The van der Waals surface area contributed by atoms with Crippen LogP contribution in [0.1, 0.15) is 0 Å². The second-order valence-corrected chi connectivity index (χ2v) is 15.6. The first-order valence-electron chi connectivity index (χ1n) is 20.7. The number of anilines is 3. The normalized spacial score (nSPS) is 11.6. The fraction of sp³-hybridized carbons (Fsp3) is 0. The third-order valence-electron chi connectivity index (χ3n) is 12.0. The number of aromatic nitrogens is 2. The molecule has 0 spiro atoms. The van der Waals surface area contributed by atoms with E-state index in [1.54, 1.807) is 0 Å². The van der Waals surface area contributed by atoms with Gasteiger partial charge in [0.15, 0.2) is 5.58 Å². The molecule has 0 amide bonds. The largest absolute Gasteiger partial charge is 0.435 e. The Kier molecular flexibility index (Phi) is 8.13. The molecule has 0 fully saturated rings. The molecule has 0 aliphatic rings. The number of benzene rings is 10. The summed E-state index contributed by atoms with van der Waals surface area (Å²) in [4.78, 5) is 7.24. The van der Waals surface area contributed by atoms with E-state index in [0.29, 0.717) is 5.89 Å². The van der Waals surface area contributed by atoms with Crippen LogP contribution in [-0.4, -0.2) is 9.55 Å². The van der Waals surface area contributed by atoms with E-state index >= 15 is 0 Å². The summed E-state index contributed by atoms with van der Waals surface area (Å²) in [5.74, 6) is 0.619. The topological polar surface area (TPSA) is 34.2 Å². The maximum absolute atomic E-state index is 6.46. The van der Waals surface area contributed by atoms with Crippen LogP contribution in [0.3, 0.4) is 0 Å². The van der Waals surface area contributed by atoms with E-state index in [-0.39, 0.29) is 0 Å². The van der Waals surface area contributed by atoms with Crippen molar-refractivity contribution in [3.63, 3.8) is 0 Å². The summed E-state index contributed by atoms with van der Waals surface area (Å²) >= 11 is 0. The maximum atomic E-state index is 6.46. The van der Waals surface area contributed by atoms with Crippen molar-refractivity contribution in [1.82, 2.24) is 9.55 Å². The zero-order valence-corrected chi connectivity index (χ0v) is 33.1. The average molecular weight is 780 g/mol. The van der Waals surface area contributed by atoms with Crippen molar-refractivity contribution in [2.75, 3.05) is 4.90 Å². The van der Waals surface area contributed by atoms with Gasteiger partial charge < -0.3 is 13.9 Å². The van der Waals surface area contributed by atoms with Gasteiger partial charge in [0, 0.05) is 50.0 Å². The van der Waals surface area contributed by atoms with Crippen LogP contribution in [0.2, 0.25) is 0 Å². The Morgan fingerprint density at radius 1 is 0.393 bits per heavy atom. The molecule has 4 heteroatoms. The Hall–Kier alpha value is -8.21. The lowest BCUT2D eigenvalue weighted by Crippen LogP contribution is -2.10. The van der Waals surface area contributed by atoms with Crippen LogP contribution in [-0.2, 0) is 0 Å². The van der Waals surface area contributed by atoms with Crippen LogP contribution in [0, 0.1) is 0 Å². The molecule has 2 heterocycles. The number of fused-ring (bicyclic) bond motifs is 7. The second-order valence-electron chi connectivity index (χ2n) is 15.6. The Morgan fingerprint density at radius 3 is 1.90 bits per heavy atom. The fourth-order valence-electron chi connectivity index (χ4n) is 9.16. The minimum atomic E-state index is 0.619. The summed E-state index contributed by atoms with van der Waals surface area (Å²) < 4.78 is 8.88. The third kappa shape index (κ3) is 5.88. The van der Waals surface area contributed by atoms with Crippen molar-refractivity contribution in [3.05, 3.63) is 224 Å². The molecule has 286 valence electrons. The Morgan fingerprint density at radius 2 is 1.03 bits per heavy atom. The first-order chi connectivity index (χ1) is 30.2. The van der Waals surface area contributed by atoms with Crippen molar-refractivity contribution in [1.29, 1.82) is 0 Å². The lowest BCUT2D eigenvalue weighted by Gasteiger charge is -2.27. The molecule has 0 saturated heterocycles. The molecule has 10 aromatic carbocycles. The molecule has 0 saturated carbocycles. The predicted octanol–water partition coefficient (Wildman–Crippen LogP) is 15.7. The number of rotatable bonds is 7. The van der Waals surface area contributed by atoms with Gasteiger partial charge in [-0.25, -0.2) is 4.98 Å². The van der Waals surface area contributed by atoms with Gasteiger partial charge in [-0.05, 0) is 106 Å². The van der Waals surface area contributed by atoms with Crippen molar-refractivity contribution < 1.29 is 4.42 Å². The van der Waals surface area contributed by atoms with E-state index in [1.165, 1.54) is 48.9 Å². The minimum Gasteiger partial charge on any atom is -0.435 e. The number of hydrogen-bond donors (Lipinski definition) is 0. The van der Waals surface area contributed by atoms with Crippen molar-refractivity contribution in [3.8, 4) is 39.4 Å². The molecule has 12 rings (SSSR count). The second kappa shape index (κ2) is 14.3. The molecule has 0 N–H and O–H groups in total. The third-order valence-corrected chi connectivity index (χ3v) is 12.0. The van der Waals surface area contributed by atoms with Gasteiger partial charge in [-0.1, -0.05) is 152 Å². The van der Waals surface area contributed by atoms with Gasteiger partial charge in [0.25, 0.3) is 0 Å². The molecule has 0 bridgehead atoms. The maximum Gasteiger partial charge on any atom is 0.227 e. The van der Waals surface area contributed by atoms with Gasteiger partial charge in [0.05, 0.1) is 11.0 Å². The van der Waals surface area contributed by atoms with Gasteiger partial charge in [-0.15, -0.1) is 0 Å². The molecule has 0 unspecified atom stereocenters. The highest BCUT2D eigenvalue weighted by Crippen LogP contribution is 2.43. The molecule has 4 nitrogen and oxygen atoms in total. The van der Waals surface area contributed by atoms with Crippen LogP contribution in [0.4, 0.5) is 17.1 Å². The van der Waals surface area contributed by atoms with Gasteiger partial charge in [0.2, 0.25) is 5.89 Å². The number of nitrogens with zero attached hydrogens (tertiary/aromatic N) is 3. The summed E-state index contributed by atoms with van der Waals surface area (Å²) in [6.07, 6.45) is 0. The van der Waals surface area contributed by atoms with Gasteiger partial charge in [0.1, 0.15) is 5.52 Å². The highest BCUT2D eigenvalue weighted by atomic mass is 16.3. The molecule has 2 aromatic heterocycles. The zero-order valence-electron chi connectivity index (χ0n) is 33.1. The number of hydrogen-bond acceptors (Lipinski definition) is 3. The van der Waals surface area contributed by atoms with E-state index < -0.39 is 0 Å². The molecule has 12 aromatic rings. The smallest absolute Gasteiger partial charge is 0.227 e. The minimum absolute atomic E-state index is 0.619. The van der Waals surface area contributed by atoms with Crippen LogP contribution in [0.25, 0.3) is 93.8 Å². The lowest BCUT2D eigenvalue weighted by molar-refractivity contribution is 0.621. The van der Waals surface area contributed by atoms with E-state index in [9.17, 15) is 0 Å². The Labute approximate surface area is 352 Å². The van der Waals surface area contributed by atoms with E-state index in [2.05, 4.69) is 198 Å².